The summed E-state index contributed by atoms with van der Waals surface area (Å²) in [5.74, 6) is 0.754. The Balaban J connectivity index is 2.78. The van der Waals surface area contributed by atoms with Crippen LogP contribution in [0.3, 0.4) is 0 Å². The molecule has 0 N–H and O–H groups in total. The molecule has 0 aliphatic carbocycles. The highest BCUT2D eigenvalue weighted by molar-refractivity contribution is 5.24. The van der Waals surface area contributed by atoms with Gasteiger partial charge in [-0.2, -0.15) is 5.10 Å². The highest BCUT2D eigenvalue weighted by Gasteiger charge is 2.09. The van der Waals surface area contributed by atoms with Gasteiger partial charge in [-0.25, -0.2) is 0 Å². The molecule has 1 aromatic heterocycles. The van der Waals surface area contributed by atoms with Gasteiger partial charge in [0.15, 0.2) is 0 Å². The lowest BCUT2D eigenvalue weighted by Crippen LogP contribution is -2.05. The van der Waals surface area contributed by atoms with Gasteiger partial charge < -0.3 is 0 Å². The molecule has 0 saturated heterocycles. The molecule has 0 unspecified atom stereocenters. The molecule has 1 rings (SSSR count). The van der Waals surface area contributed by atoms with Crippen LogP contribution in [0.15, 0.2) is 0 Å². The Labute approximate surface area is 87.3 Å². The molecule has 80 valence electrons. The maximum absolute atomic E-state index is 4.57. The second-order valence-electron chi connectivity index (χ2n) is 4.41. The molecule has 2 heteroatoms. The van der Waals surface area contributed by atoms with Crippen molar-refractivity contribution in [2.45, 2.75) is 54.0 Å². The molecule has 0 aromatic carbocycles. The highest BCUT2D eigenvalue weighted by Crippen LogP contribution is 2.14. The van der Waals surface area contributed by atoms with Gasteiger partial charge in [-0.3, -0.25) is 4.68 Å². The normalized spacial score (nSPS) is 11.3. The minimum atomic E-state index is 0.754. The monoisotopic (exact) mass is 194 g/mol. The van der Waals surface area contributed by atoms with Crippen LogP contribution in [0.4, 0.5) is 0 Å². The minimum absolute atomic E-state index is 0.754. The van der Waals surface area contributed by atoms with E-state index in [-0.39, 0.29) is 0 Å². The number of nitrogens with zero attached hydrogens (tertiary/aromatic N) is 2. The Morgan fingerprint density at radius 1 is 1.29 bits per heavy atom. The van der Waals surface area contributed by atoms with Crippen molar-refractivity contribution in [1.29, 1.82) is 0 Å². The SMILES string of the molecule is CCc1c(C)nn(CCC(C)C)c1C. The molecule has 0 aliphatic heterocycles. The second-order valence-corrected chi connectivity index (χ2v) is 4.41. The Hall–Kier alpha value is -0.790. The van der Waals surface area contributed by atoms with Gasteiger partial charge in [0.2, 0.25) is 0 Å². The second kappa shape index (κ2) is 4.63. The van der Waals surface area contributed by atoms with E-state index in [0.717, 1.165) is 18.9 Å². The molecule has 0 bridgehead atoms. The van der Waals surface area contributed by atoms with Gasteiger partial charge in [-0.1, -0.05) is 20.8 Å². The number of hydrogen-bond acceptors (Lipinski definition) is 1. The molecule has 1 heterocycles. The summed E-state index contributed by atoms with van der Waals surface area (Å²) in [7, 11) is 0. The van der Waals surface area contributed by atoms with Gasteiger partial charge >= 0.3 is 0 Å². The first-order chi connectivity index (χ1) is 6.56. The van der Waals surface area contributed by atoms with Crippen molar-refractivity contribution in [3.63, 3.8) is 0 Å². The Kier molecular flexibility index (Phi) is 3.73. The molecule has 0 fully saturated rings. The van der Waals surface area contributed by atoms with E-state index < -0.39 is 0 Å². The van der Waals surface area contributed by atoms with Crippen molar-refractivity contribution < 1.29 is 0 Å². The quantitative estimate of drug-likeness (QED) is 0.720. The van der Waals surface area contributed by atoms with Crippen LogP contribution in [0.25, 0.3) is 0 Å². The predicted molar refractivity (Wildman–Crippen MR) is 60.5 cm³/mol. The first-order valence-electron chi connectivity index (χ1n) is 5.59. The third kappa shape index (κ3) is 2.37. The van der Waals surface area contributed by atoms with E-state index in [0.29, 0.717) is 0 Å². The largest absolute Gasteiger partial charge is 0.269 e. The first kappa shape index (κ1) is 11.3. The van der Waals surface area contributed by atoms with Gasteiger partial charge in [0.25, 0.3) is 0 Å². The fourth-order valence-corrected chi connectivity index (χ4v) is 1.84. The summed E-state index contributed by atoms with van der Waals surface area (Å²) in [5, 5.41) is 4.57. The molecular formula is C12H22N2. The summed E-state index contributed by atoms with van der Waals surface area (Å²) in [6, 6.07) is 0. The maximum atomic E-state index is 4.57. The molecule has 0 radical (unpaired) electrons. The maximum Gasteiger partial charge on any atom is 0.0628 e. The van der Waals surface area contributed by atoms with Crippen LogP contribution in [0, 0.1) is 19.8 Å². The molecular weight excluding hydrogens is 172 g/mol. The third-order valence-electron chi connectivity index (χ3n) is 2.80. The first-order valence-corrected chi connectivity index (χ1v) is 5.59. The van der Waals surface area contributed by atoms with Crippen molar-refractivity contribution in [2.75, 3.05) is 0 Å². The van der Waals surface area contributed by atoms with Crippen molar-refractivity contribution in [3.8, 4) is 0 Å². The van der Waals surface area contributed by atoms with E-state index in [2.05, 4.69) is 44.4 Å². The Morgan fingerprint density at radius 3 is 2.36 bits per heavy atom. The van der Waals surface area contributed by atoms with E-state index in [1.165, 1.54) is 23.4 Å². The van der Waals surface area contributed by atoms with Crippen molar-refractivity contribution in [1.82, 2.24) is 9.78 Å². The van der Waals surface area contributed by atoms with Gasteiger partial charge in [0.1, 0.15) is 0 Å². The van der Waals surface area contributed by atoms with Gasteiger partial charge in [-0.05, 0) is 38.2 Å². The van der Waals surface area contributed by atoms with Crippen LogP contribution in [0.1, 0.15) is 44.1 Å². The molecule has 0 aliphatic rings. The lowest BCUT2D eigenvalue weighted by atomic mass is 10.1. The molecule has 0 atom stereocenters. The van der Waals surface area contributed by atoms with Crippen LogP contribution in [0.2, 0.25) is 0 Å². The fraction of sp³-hybridized carbons (Fsp3) is 0.750. The van der Waals surface area contributed by atoms with Crippen molar-refractivity contribution in [2.24, 2.45) is 5.92 Å². The lowest BCUT2D eigenvalue weighted by molar-refractivity contribution is 0.479. The topological polar surface area (TPSA) is 17.8 Å². The van der Waals surface area contributed by atoms with Crippen molar-refractivity contribution in [3.05, 3.63) is 17.0 Å². The van der Waals surface area contributed by atoms with Crippen LogP contribution in [-0.4, -0.2) is 9.78 Å². The molecule has 1 aromatic rings. The molecule has 0 saturated carbocycles. The van der Waals surface area contributed by atoms with Gasteiger partial charge in [0, 0.05) is 12.2 Å². The van der Waals surface area contributed by atoms with Crippen LogP contribution in [-0.2, 0) is 13.0 Å². The zero-order valence-electron chi connectivity index (χ0n) is 10.1. The third-order valence-corrected chi connectivity index (χ3v) is 2.80. The van der Waals surface area contributed by atoms with Crippen LogP contribution in [0.5, 0.6) is 0 Å². The molecule has 2 nitrogen and oxygen atoms in total. The average molecular weight is 194 g/mol. The average Bonchev–Trinajstić information content (AvgIpc) is 2.38. The zero-order chi connectivity index (χ0) is 10.7. The van der Waals surface area contributed by atoms with E-state index in [1.54, 1.807) is 0 Å². The number of aryl methyl sites for hydroxylation is 2. The molecule has 0 spiro atoms. The summed E-state index contributed by atoms with van der Waals surface area (Å²) in [6.45, 7) is 12.1. The Morgan fingerprint density at radius 2 is 1.93 bits per heavy atom. The molecule has 0 amide bonds. The van der Waals surface area contributed by atoms with E-state index >= 15 is 0 Å². The summed E-state index contributed by atoms with van der Waals surface area (Å²) >= 11 is 0. The van der Waals surface area contributed by atoms with E-state index in [9.17, 15) is 0 Å². The van der Waals surface area contributed by atoms with E-state index in [1.807, 2.05) is 0 Å². The van der Waals surface area contributed by atoms with Crippen LogP contribution >= 0.6 is 0 Å². The van der Waals surface area contributed by atoms with Gasteiger partial charge in [0.05, 0.1) is 5.69 Å². The smallest absolute Gasteiger partial charge is 0.0628 e. The minimum Gasteiger partial charge on any atom is -0.269 e. The number of rotatable bonds is 4. The Bertz CT molecular complexity index is 298. The van der Waals surface area contributed by atoms with Crippen molar-refractivity contribution >= 4 is 0 Å². The molecule has 14 heavy (non-hydrogen) atoms. The summed E-state index contributed by atoms with van der Waals surface area (Å²) in [6.07, 6.45) is 2.31. The lowest BCUT2D eigenvalue weighted by Gasteiger charge is -2.07. The standard InChI is InChI=1S/C12H22N2/c1-6-12-10(4)13-14(11(12)5)8-7-9(2)3/h9H,6-8H2,1-5H3. The summed E-state index contributed by atoms with van der Waals surface area (Å²) in [5.41, 5.74) is 3.98. The predicted octanol–water partition coefficient (Wildman–Crippen LogP) is 3.11. The van der Waals surface area contributed by atoms with Crippen LogP contribution < -0.4 is 0 Å². The highest BCUT2D eigenvalue weighted by atomic mass is 15.3. The zero-order valence-corrected chi connectivity index (χ0v) is 10.1. The number of hydrogen-bond donors (Lipinski definition) is 0. The van der Waals surface area contributed by atoms with E-state index in [4.69, 9.17) is 0 Å². The summed E-state index contributed by atoms with van der Waals surface area (Å²) < 4.78 is 2.16. The van der Waals surface area contributed by atoms with Gasteiger partial charge in [-0.15, -0.1) is 0 Å². The fourth-order valence-electron chi connectivity index (χ4n) is 1.84. The number of aromatic nitrogens is 2. The summed E-state index contributed by atoms with van der Waals surface area (Å²) in [4.78, 5) is 0.